The lowest BCUT2D eigenvalue weighted by Gasteiger charge is -2.24. The summed E-state index contributed by atoms with van der Waals surface area (Å²) in [6.45, 7) is -0.271. The molecule has 0 aliphatic heterocycles. The largest absolute Gasteiger partial charge is 0.493 e. The Morgan fingerprint density at radius 2 is 1.53 bits per heavy atom. The molecule has 11 heteroatoms. The van der Waals surface area contributed by atoms with Crippen LogP contribution in [0.2, 0.25) is 0 Å². The number of rotatable bonds is 10. The number of carbonyl (C=O) groups is 1. The lowest BCUT2D eigenvalue weighted by atomic mass is 9.90. The van der Waals surface area contributed by atoms with Gasteiger partial charge in [-0.05, 0) is 43.4 Å². The van der Waals surface area contributed by atoms with E-state index in [9.17, 15) is 36.2 Å². The molecule has 0 spiro atoms. The van der Waals surface area contributed by atoms with Crippen LogP contribution in [-0.2, 0) is 17.1 Å². The quantitative estimate of drug-likeness (QED) is 0.235. The number of carboxylic acid groups (broad SMARTS) is 1. The van der Waals surface area contributed by atoms with Gasteiger partial charge in [0.25, 0.3) is 0 Å². The van der Waals surface area contributed by atoms with E-state index in [1.807, 2.05) is 0 Å². The summed E-state index contributed by atoms with van der Waals surface area (Å²) in [4.78, 5) is 10.5. The summed E-state index contributed by atoms with van der Waals surface area (Å²) in [6, 6.07) is 1.04. The fraction of sp³-hybridized carbons (Fsp3) is 0.667. The van der Waals surface area contributed by atoms with E-state index in [0.29, 0.717) is 37.8 Å². The summed E-state index contributed by atoms with van der Waals surface area (Å²) >= 11 is 6.31. The summed E-state index contributed by atoms with van der Waals surface area (Å²) in [5, 5.41) is 18.5. The van der Waals surface area contributed by atoms with E-state index >= 15 is 0 Å². The van der Waals surface area contributed by atoms with Gasteiger partial charge in [-0.3, -0.25) is 4.79 Å². The fourth-order valence-corrected chi connectivity index (χ4v) is 4.47. The molecule has 0 aromatic heterocycles. The van der Waals surface area contributed by atoms with E-state index < -0.39 is 52.6 Å². The topological polar surface area (TPSA) is 66.8 Å². The molecule has 1 aromatic carbocycles. The number of carboxylic acids is 1. The Morgan fingerprint density at radius 3 is 2.06 bits per heavy atom. The van der Waals surface area contributed by atoms with Crippen LogP contribution >= 0.6 is 11.6 Å². The maximum Gasteiger partial charge on any atom is 0.416 e. The minimum atomic E-state index is -4.98. The van der Waals surface area contributed by atoms with E-state index in [2.05, 4.69) is 0 Å². The minimum absolute atomic E-state index is 0.0270. The van der Waals surface area contributed by atoms with Gasteiger partial charge in [-0.15, -0.1) is 11.6 Å². The lowest BCUT2D eigenvalue weighted by molar-refractivity contribution is -0.143. The van der Waals surface area contributed by atoms with Crippen LogP contribution in [0.1, 0.15) is 56.1 Å². The van der Waals surface area contributed by atoms with Gasteiger partial charge in [0.1, 0.15) is 5.75 Å². The molecule has 1 saturated carbocycles. The molecular weight excluding hydrogens is 466 g/mol. The van der Waals surface area contributed by atoms with Crippen molar-refractivity contribution >= 4 is 17.6 Å². The van der Waals surface area contributed by atoms with Crippen LogP contribution in [0.15, 0.2) is 18.2 Å². The van der Waals surface area contributed by atoms with Crippen LogP contribution < -0.4 is 4.74 Å². The van der Waals surface area contributed by atoms with Gasteiger partial charge >= 0.3 is 18.3 Å². The molecule has 4 nitrogen and oxygen atoms in total. The Bertz CT molecular complexity index is 735. The molecule has 1 aliphatic carbocycles. The van der Waals surface area contributed by atoms with Gasteiger partial charge < -0.3 is 14.9 Å². The molecule has 1 fully saturated rings. The lowest BCUT2D eigenvalue weighted by Crippen LogP contribution is -2.27. The number of aliphatic hydroxyl groups is 1. The van der Waals surface area contributed by atoms with Gasteiger partial charge in [0, 0.05) is 17.7 Å². The molecule has 0 heterocycles. The molecule has 1 aromatic rings. The predicted octanol–water partition coefficient (Wildman–Crippen LogP) is 6.13. The number of benzene rings is 1. The minimum Gasteiger partial charge on any atom is -0.493 e. The van der Waals surface area contributed by atoms with Crippen molar-refractivity contribution in [2.45, 2.75) is 68.8 Å². The summed E-state index contributed by atoms with van der Waals surface area (Å²) < 4.78 is 83.4. The summed E-state index contributed by atoms with van der Waals surface area (Å²) in [5.41, 5.74) is -2.94. The van der Waals surface area contributed by atoms with Gasteiger partial charge in [0.05, 0.1) is 23.8 Å². The second-order valence-corrected chi connectivity index (χ2v) is 8.61. The Morgan fingerprint density at radius 1 is 0.969 bits per heavy atom. The smallest absolute Gasteiger partial charge is 0.416 e. The molecule has 0 bridgehead atoms. The van der Waals surface area contributed by atoms with Gasteiger partial charge in [-0.1, -0.05) is 19.3 Å². The summed E-state index contributed by atoms with van der Waals surface area (Å²) in [5.74, 6) is -2.21. The number of ether oxygens (including phenoxy) is 1. The summed E-state index contributed by atoms with van der Waals surface area (Å²) in [6.07, 6.45) is -7.23. The molecule has 2 rings (SSSR count). The maximum absolute atomic E-state index is 13.0. The molecule has 0 saturated heterocycles. The molecule has 0 unspecified atom stereocenters. The first-order valence-corrected chi connectivity index (χ1v) is 10.7. The Hall–Kier alpha value is -1.68. The first-order chi connectivity index (χ1) is 14.8. The molecule has 0 radical (unpaired) electrons. The second kappa shape index (κ2) is 11.0. The van der Waals surface area contributed by atoms with E-state index in [1.165, 1.54) is 0 Å². The third-order valence-electron chi connectivity index (χ3n) is 5.66. The molecular formula is C21H25ClF6O4. The fourth-order valence-electron chi connectivity index (χ4n) is 3.98. The SMILES string of the molecule is O=C(O)CCCCCC[C@@H]1[C@@H](COc2cc(C(F)(F)F)cc(C(F)(F)F)c2)[C@H](O)C[C@@H]1Cl. The monoisotopic (exact) mass is 490 g/mol. The maximum atomic E-state index is 13.0. The standard InChI is InChI=1S/C21H25ClF6O4/c22-17-10-18(29)16(15(17)5-3-1-2-4-6-19(30)31)11-32-14-8-12(20(23,24)25)7-13(9-14)21(26,27)28/h7-9,15-18,29H,1-6,10-11H2,(H,30,31)/t15-,16-,17+,18-/m1/s1. The highest BCUT2D eigenvalue weighted by molar-refractivity contribution is 6.21. The zero-order valence-corrected chi connectivity index (χ0v) is 17.8. The number of hydrogen-bond acceptors (Lipinski definition) is 3. The normalized spacial score (nSPS) is 24.0. The van der Waals surface area contributed by atoms with Crippen LogP contribution in [0.4, 0.5) is 26.3 Å². The Labute approximate surface area is 186 Å². The Kier molecular flexibility index (Phi) is 9.10. The number of alkyl halides is 7. The molecule has 4 atom stereocenters. The predicted molar refractivity (Wildman–Crippen MR) is 105 cm³/mol. The number of hydrogen-bond donors (Lipinski definition) is 2. The van der Waals surface area contributed by atoms with Crippen molar-refractivity contribution in [2.24, 2.45) is 11.8 Å². The highest BCUT2D eigenvalue weighted by Gasteiger charge is 2.42. The number of halogens is 7. The van der Waals surface area contributed by atoms with Gasteiger partial charge in [0.2, 0.25) is 0 Å². The van der Waals surface area contributed by atoms with Crippen LogP contribution in [0.5, 0.6) is 5.75 Å². The highest BCUT2D eigenvalue weighted by atomic mass is 35.5. The number of unbranched alkanes of at least 4 members (excludes halogenated alkanes) is 3. The number of aliphatic hydroxyl groups excluding tert-OH is 1. The van der Waals surface area contributed by atoms with Gasteiger partial charge in [-0.25, -0.2) is 0 Å². The average Bonchev–Trinajstić information content (AvgIpc) is 2.93. The van der Waals surface area contributed by atoms with Crippen LogP contribution in [0.25, 0.3) is 0 Å². The first kappa shape index (κ1) is 26.6. The van der Waals surface area contributed by atoms with Gasteiger partial charge in [0.15, 0.2) is 0 Å². The van der Waals surface area contributed by atoms with E-state index in [4.69, 9.17) is 21.4 Å². The van der Waals surface area contributed by atoms with E-state index in [1.54, 1.807) is 0 Å². The van der Waals surface area contributed by atoms with E-state index in [0.717, 1.165) is 6.42 Å². The second-order valence-electron chi connectivity index (χ2n) is 8.05. The van der Waals surface area contributed by atoms with Crippen molar-refractivity contribution < 1.29 is 46.1 Å². The van der Waals surface area contributed by atoms with Crippen LogP contribution in [-0.4, -0.2) is 34.3 Å². The first-order valence-electron chi connectivity index (χ1n) is 10.2. The van der Waals surface area contributed by atoms with Crippen molar-refractivity contribution in [2.75, 3.05) is 6.61 Å². The van der Waals surface area contributed by atoms with Crippen molar-refractivity contribution in [3.63, 3.8) is 0 Å². The van der Waals surface area contributed by atoms with Crippen molar-refractivity contribution in [3.05, 3.63) is 29.3 Å². The van der Waals surface area contributed by atoms with Crippen LogP contribution in [0, 0.1) is 11.8 Å². The molecule has 32 heavy (non-hydrogen) atoms. The van der Waals surface area contributed by atoms with Crippen molar-refractivity contribution in [3.8, 4) is 5.75 Å². The highest BCUT2D eigenvalue weighted by Crippen LogP contribution is 2.41. The molecule has 0 amide bonds. The van der Waals surface area contributed by atoms with Crippen molar-refractivity contribution in [1.29, 1.82) is 0 Å². The zero-order valence-electron chi connectivity index (χ0n) is 17.1. The van der Waals surface area contributed by atoms with Crippen molar-refractivity contribution in [1.82, 2.24) is 0 Å². The number of aliphatic carboxylic acids is 1. The Balaban J connectivity index is 2.03. The third kappa shape index (κ3) is 7.72. The summed E-state index contributed by atoms with van der Waals surface area (Å²) in [7, 11) is 0. The third-order valence-corrected chi connectivity index (χ3v) is 6.16. The van der Waals surface area contributed by atoms with E-state index in [-0.39, 0.29) is 31.4 Å². The molecule has 1 aliphatic rings. The van der Waals surface area contributed by atoms with Crippen LogP contribution in [0.3, 0.4) is 0 Å². The van der Waals surface area contributed by atoms with Gasteiger partial charge in [-0.2, -0.15) is 26.3 Å². The average molecular weight is 491 g/mol. The zero-order chi connectivity index (χ0) is 24.1. The molecule has 2 N–H and O–H groups in total. The molecule has 182 valence electrons.